The minimum Gasteiger partial charge on any atom is -0.469 e. The van der Waals surface area contributed by atoms with Gasteiger partial charge >= 0.3 is 0 Å². The van der Waals surface area contributed by atoms with Crippen LogP contribution in [-0.2, 0) is 6.42 Å². The fraction of sp³-hybridized carbons (Fsp3) is 0.706. The molecule has 5 nitrogen and oxygen atoms in total. The number of hydrogen-bond donors (Lipinski definition) is 2. The van der Waals surface area contributed by atoms with Crippen molar-refractivity contribution in [1.29, 1.82) is 0 Å². The molecule has 0 spiro atoms. The second-order valence-corrected chi connectivity index (χ2v) is 6.44. The van der Waals surface area contributed by atoms with Crippen LogP contribution in [0.15, 0.2) is 27.8 Å². The Labute approximate surface area is 133 Å². The van der Waals surface area contributed by atoms with Crippen molar-refractivity contribution in [3.8, 4) is 0 Å². The smallest absolute Gasteiger partial charge is 0.191 e. The topological polar surface area (TPSA) is 52.8 Å². The molecule has 1 aromatic rings. The third-order valence-corrected chi connectivity index (χ3v) is 4.53. The van der Waals surface area contributed by atoms with Gasteiger partial charge in [-0.25, -0.2) is 0 Å². The van der Waals surface area contributed by atoms with Crippen molar-refractivity contribution >= 4 is 5.96 Å². The molecule has 122 valence electrons. The van der Waals surface area contributed by atoms with Crippen LogP contribution in [0.4, 0.5) is 0 Å². The van der Waals surface area contributed by atoms with Gasteiger partial charge in [0.2, 0.25) is 0 Å². The summed E-state index contributed by atoms with van der Waals surface area (Å²) in [5.74, 6) is 1.93. The first-order chi connectivity index (χ1) is 10.8. The molecule has 1 aliphatic heterocycles. The molecule has 0 amide bonds. The van der Waals surface area contributed by atoms with Crippen molar-refractivity contribution in [3.63, 3.8) is 0 Å². The Morgan fingerprint density at radius 3 is 3.00 bits per heavy atom. The Morgan fingerprint density at radius 1 is 1.45 bits per heavy atom. The normalized spacial score (nSPS) is 26.4. The van der Waals surface area contributed by atoms with Crippen LogP contribution in [-0.4, -0.2) is 48.6 Å². The van der Waals surface area contributed by atoms with E-state index in [0.29, 0.717) is 12.1 Å². The summed E-state index contributed by atoms with van der Waals surface area (Å²) in [6.07, 6.45) is 6.54. The Bertz CT molecular complexity index is 481. The summed E-state index contributed by atoms with van der Waals surface area (Å²) < 4.78 is 5.35. The molecule has 2 unspecified atom stereocenters. The lowest BCUT2D eigenvalue weighted by molar-refractivity contribution is 0.256. The van der Waals surface area contributed by atoms with E-state index in [2.05, 4.69) is 34.4 Å². The van der Waals surface area contributed by atoms with E-state index < -0.39 is 0 Å². The Hall–Kier alpha value is -1.49. The van der Waals surface area contributed by atoms with E-state index >= 15 is 0 Å². The van der Waals surface area contributed by atoms with Crippen LogP contribution in [0.1, 0.15) is 38.9 Å². The highest BCUT2D eigenvalue weighted by Gasteiger charge is 2.38. The SMILES string of the molecule is CCNC(=NCCc1ccco1)NC1CC(C)N(C2CC2)C1. The summed E-state index contributed by atoms with van der Waals surface area (Å²) in [6, 6.07) is 5.98. The van der Waals surface area contributed by atoms with Crippen LogP contribution in [0.2, 0.25) is 0 Å². The molecule has 22 heavy (non-hydrogen) atoms. The van der Waals surface area contributed by atoms with E-state index in [1.807, 2.05) is 12.1 Å². The lowest BCUT2D eigenvalue weighted by atomic mass is 10.2. The van der Waals surface area contributed by atoms with Gasteiger partial charge in [-0.15, -0.1) is 0 Å². The summed E-state index contributed by atoms with van der Waals surface area (Å²) >= 11 is 0. The van der Waals surface area contributed by atoms with E-state index in [4.69, 9.17) is 4.42 Å². The van der Waals surface area contributed by atoms with Crippen molar-refractivity contribution in [2.24, 2.45) is 4.99 Å². The maximum atomic E-state index is 5.35. The Morgan fingerprint density at radius 2 is 2.32 bits per heavy atom. The van der Waals surface area contributed by atoms with Crippen LogP contribution in [0.25, 0.3) is 0 Å². The number of guanidine groups is 1. The van der Waals surface area contributed by atoms with Gasteiger partial charge in [0, 0.05) is 44.2 Å². The standard InChI is InChI=1S/C17H28N4O/c1-3-18-17(19-9-8-16-5-4-10-22-16)20-14-11-13(2)21(12-14)15-6-7-15/h4-5,10,13-15H,3,6-9,11-12H2,1-2H3,(H2,18,19,20). The predicted molar refractivity (Wildman–Crippen MR) is 89.1 cm³/mol. The highest BCUT2D eigenvalue weighted by molar-refractivity contribution is 5.80. The largest absolute Gasteiger partial charge is 0.469 e. The first kappa shape index (κ1) is 15.4. The molecular weight excluding hydrogens is 276 g/mol. The highest BCUT2D eigenvalue weighted by Crippen LogP contribution is 2.33. The first-order valence-corrected chi connectivity index (χ1v) is 8.59. The number of aliphatic imine (C=N–C) groups is 1. The monoisotopic (exact) mass is 304 g/mol. The molecule has 3 rings (SSSR count). The third-order valence-electron chi connectivity index (χ3n) is 4.53. The van der Waals surface area contributed by atoms with Gasteiger partial charge in [0.1, 0.15) is 5.76 Å². The van der Waals surface area contributed by atoms with Crippen molar-refractivity contribution in [3.05, 3.63) is 24.2 Å². The van der Waals surface area contributed by atoms with Gasteiger partial charge in [0.15, 0.2) is 5.96 Å². The fourth-order valence-electron chi connectivity index (χ4n) is 3.32. The second kappa shape index (κ2) is 7.18. The lowest BCUT2D eigenvalue weighted by Crippen LogP contribution is -2.44. The summed E-state index contributed by atoms with van der Waals surface area (Å²) in [7, 11) is 0. The molecule has 5 heteroatoms. The molecule has 2 fully saturated rings. The average Bonchev–Trinajstić information content (AvgIpc) is 3.08. The molecule has 1 saturated heterocycles. The van der Waals surface area contributed by atoms with Gasteiger partial charge in [0.25, 0.3) is 0 Å². The quantitative estimate of drug-likeness (QED) is 0.623. The summed E-state index contributed by atoms with van der Waals surface area (Å²) in [6.45, 7) is 7.24. The summed E-state index contributed by atoms with van der Waals surface area (Å²) in [5, 5.41) is 6.96. The number of hydrogen-bond acceptors (Lipinski definition) is 3. The number of nitrogens with one attached hydrogen (secondary N) is 2. The lowest BCUT2D eigenvalue weighted by Gasteiger charge is -2.20. The second-order valence-electron chi connectivity index (χ2n) is 6.44. The van der Waals surface area contributed by atoms with Crippen LogP contribution < -0.4 is 10.6 Å². The Balaban J connectivity index is 1.50. The van der Waals surface area contributed by atoms with Crippen molar-refractivity contribution in [2.75, 3.05) is 19.6 Å². The van der Waals surface area contributed by atoms with Gasteiger partial charge in [0.05, 0.1) is 6.26 Å². The molecule has 0 aromatic carbocycles. The Kier molecular flexibility index (Phi) is 5.03. The summed E-state index contributed by atoms with van der Waals surface area (Å²) in [5.41, 5.74) is 0. The number of likely N-dealkylation sites (tertiary alicyclic amines) is 1. The number of rotatable bonds is 6. The van der Waals surface area contributed by atoms with E-state index in [1.165, 1.54) is 19.3 Å². The molecule has 0 radical (unpaired) electrons. The van der Waals surface area contributed by atoms with Crippen molar-refractivity contribution in [1.82, 2.24) is 15.5 Å². The van der Waals surface area contributed by atoms with Crippen molar-refractivity contribution < 1.29 is 4.42 Å². The van der Waals surface area contributed by atoms with Gasteiger partial charge in [-0.2, -0.15) is 0 Å². The highest BCUT2D eigenvalue weighted by atomic mass is 16.3. The molecule has 1 aliphatic carbocycles. The van der Waals surface area contributed by atoms with Gasteiger partial charge in [-0.05, 0) is 45.2 Å². The van der Waals surface area contributed by atoms with Crippen LogP contribution in [0.5, 0.6) is 0 Å². The van der Waals surface area contributed by atoms with Crippen LogP contribution in [0.3, 0.4) is 0 Å². The van der Waals surface area contributed by atoms with E-state index in [9.17, 15) is 0 Å². The maximum Gasteiger partial charge on any atom is 0.191 e. The molecular formula is C17H28N4O. The van der Waals surface area contributed by atoms with Crippen molar-refractivity contribution in [2.45, 2.75) is 57.7 Å². The third kappa shape index (κ3) is 4.03. The number of furan rings is 1. The average molecular weight is 304 g/mol. The van der Waals surface area contributed by atoms with E-state index in [0.717, 1.165) is 43.8 Å². The van der Waals surface area contributed by atoms with Gasteiger partial charge < -0.3 is 15.1 Å². The van der Waals surface area contributed by atoms with Gasteiger partial charge in [-0.1, -0.05) is 0 Å². The first-order valence-electron chi connectivity index (χ1n) is 8.59. The molecule has 1 saturated carbocycles. The predicted octanol–water partition coefficient (Wildman–Crippen LogP) is 2.00. The molecule has 0 bridgehead atoms. The van der Waals surface area contributed by atoms with E-state index in [1.54, 1.807) is 6.26 Å². The molecule has 2 heterocycles. The summed E-state index contributed by atoms with van der Waals surface area (Å²) in [4.78, 5) is 7.34. The molecule has 2 N–H and O–H groups in total. The van der Waals surface area contributed by atoms with Crippen LogP contribution >= 0.6 is 0 Å². The molecule has 2 atom stereocenters. The maximum absolute atomic E-state index is 5.35. The minimum atomic E-state index is 0.511. The minimum absolute atomic E-state index is 0.511. The molecule has 2 aliphatic rings. The zero-order chi connectivity index (χ0) is 15.4. The van der Waals surface area contributed by atoms with Crippen LogP contribution in [0, 0.1) is 0 Å². The van der Waals surface area contributed by atoms with Gasteiger partial charge in [-0.3, -0.25) is 9.89 Å². The zero-order valence-corrected chi connectivity index (χ0v) is 13.7. The number of nitrogens with zero attached hydrogens (tertiary/aromatic N) is 2. The zero-order valence-electron chi connectivity index (χ0n) is 13.7. The molecule has 1 aromatic heterocycles. The van der Waals surface area contributed by atoms with E-state index in [-0.39, 0.29) is 0 Å². The fourth-order valence-corrected chi connectivity index (χ4v) is 3.32.